The van der Waals surface area contributed by atoms with Crippen LogP contribution in [-0.2, 0) is 4.79 Å². The maximum Gasteiger partial charge on any atom is 0.234 e. The summed E-state index contributed by atoms with van der Waals surface area (Å²) < 4.78 is 0. The lowest BCUT2D eigenvalue weighted by Crippen LogP contribution is -2.48. The smallest absolute Gasteiger partial charge is 0.234 e. The quantitative estimate of drug-likeness (QED) is 0.243. The number of aromatic amines is 1. The second kappa shape index (κ2) is 5.43. The van der Waals surface area contributed by atoms with Crippen LogP contribution in [0.3, 0.4) is 0 Å². The van der Waals surface area contributed by atoms with Crippen LogP contribution < -0.4 is 11.1 Å². The van der Waals surface area contributed by atoms with E-state index in [1.54, 1.807) is 20.8 Å². The minimum atomic E-state index is -1.08. The topological polar surface area (TPSA) is 142 Å². The minimum Gasteiger partial charge on any atom is -0.409 e. The Bertz CT molecular complexity index is 430. The Balaban J connectivity index is 2.81. The van der Waals surface area contributed by atoms with Gasteiger partial charge in [0.1, 0.15) is 5.41 Å². The van der Waals surface area contributed by atoms with Crippen LogP contribution in [0.4, 0.5) is 0 Å². The standard InChI is InChI=1S/C9H17N7O2/c1-4-9(3,7(10)14-18)8(17)11-5(2)6-12-15-16-13-6/h5,18H,4H2,1-3H3,(H2,10,14)(H,11,17)(H,12,13,15,16). The van der Waals surface area contributed by atoms with Crippen molar-refractivity contribution in [1.29, 1.82) is 0 Å². The maximum atomic E-state index is 12.1. The molecule has 1 amide bonds. The zero-order valence-corrected chi connectivity index (χ0v) is 10.5. The number of amidine groups is 1. The number of rotatable bonds is 5. The lowest BCUT2D eigenvalue weighted by molar-refractivity contribution is -0.127. The van der Waals surface area contributed by atoms with Crippen molar-refractivity contribution in [2.24, 2.45) is 16.3 Å². The van der Waals surface area contributed by atoms with E-state index in [1.165, 1.54) is 0 Å². The molecule has 1 rings (SSSR count). The van der Waals surface area contributed by atoms with Crippen LogP contribution in [0.25, 0.3) is 0 Å². The number of carbonyl (C=O) groups excluding carboxylic acids is 1. The van der Waals surface area contributed by atoms with Gasteiger partial charge in [0.15, 0.2) is 11.7 Å². The molecule has 0 spiro atoms. The van der Waals surface area contributed by atoms with E-state index in [2.05, 4.69) is 31.1 Å². The number of hydrogen-bond donors (Lipinski definition) is 4. The van der Waals surface area contributed by atoms with Gasteiger partial charge in [-0.2, -0.15) is 5.21 Å². The van der Waals surface area contributed by atoms with Crippen molar-refractivity contribution in [2.75, 3.05) is 0 Å². The van der Waals surface area contributed by atoms with Gasteiger partial charge in [-0.3, -0.25) is 4.79 Å². The van der Waals surface area contributed by atoms with Crippen molar-refractivity contribution >= 4 is 11.7 Å². The number of oxime groups is 1. The zero-order chi connectivity index (χ0) is 13.8. The molecular formula is C9H17N7O2. The van der Waals surface area contributed by atoms with Crippen LogP contribution >= 0.6 is 0 Å². The molecule has 5 N–H and O–H groups in total. The lowest BCUT2D eigenvalue weighted by Gasteiger charge is -2.26. The van der Waals surface area contributed by atoms with Crippen LogP contribution in [0.15, 0.2) is 5.16 Å². The van der Waals surface area contributed by atoms with Crippen molar-refractivity contribution in [3.63, 3.8) is 0 Å². The summed E-state index contributed by atoms with van der Waals surface area (Å²) in [5.74, 6) is -0.137. The third kappa shape index (κ3) is 2.55. The second-order valence-corrected chi connectivity index (χ2v) is 4.14. The fraction of sp³-hybridized carbons (Fsp3) is 0.667. The first-order chi connectivity index (χ1) is 8.45. The third-order valence-electron chi connectivity index (χ3n) is 2.98. The summed E-state index contributed by atoms with van der Waals surface area (Å²) in [6.07, 6.45) is 0.397. The summed E-state index contributed by atoms with van der Waals surface area (Å²) in [6.45, 7) is 5.09. The van der Waals surface area contributed by atoms with E-state index in [0.717, 1.165) is 0 Å². The highest BCUT2D eigenvalue weighted by atomic mass is 16.4. The molecule has 0 saturated heterocycles. The number of tetrazole rings is 1. The Labute approximate surface area is 104 Å². The molecule has 0 aliphatic carbocycles. The highest BCUT2D eigenvalue weighted by molar-refractivity contribution is 6.06. The highest BCUT2D eigenvalue weighted by Gasteiger charge is 2.37. The summed E-state index contributed by atoms with van der Waals surface area (Å²) in [6, 6.07) is -0.423. The van der Waals surface area contributed by atoms with Gasteiger partial charge in [-0.1, -0.05) is 17.3 Å². The van der Waals surface area contributed by atoms with Crippen molar-refractivity contribution in [2.45, 2.75) is 33.2 Å². The lowest BCUT2D eigenvalue weighted by atomic mass is 9.85. The Hall–Kier alpha value is -2.19. The van der Waals surface area contributed by atoms with Gasteiger partial charge in [0.2, 0.25) is 5.91 Å². The number of nitrogens with zero attached hydrogens (tertiary/aromatic N) is 4. The molecule has 1 heterocycles. The summed E-state index contributed by atoms with van der Waals surface area (Å²) in [7, 11) is 0. The zero-order valence-electron chi connectivity index (χ0n) is 10.5. The summed E-state index contributed by atoms with van der Waals surface area (Å²) in [4.78, 5) is 12.1. The highest BCUT2D eigenvalue weighted by Crippen LogP contribution is 2.22. The average molecular weight is 255 g/mol. The number of carbonyl (C=O) groups is 1. The molecule has 0 aromatic carbocycles. The molecule has 0 fully saturated rings. The molecule has 9 heteroatoms. The first kappa shape index (κ1) is 13.9. The molecule has 0 saturated carbocycles. The van der Waals surface area contributed by atoms with Gasteiger partial charge in [-0.15, -0.1) is 10.2 Å². The fourth-order valence-electron chi connectivity index (χ4n) is 1.34. The van der Waals surface area contributed by atoms with Gasteiger partial charge >= 0.3 is 0 Å². The van der Waals surface area contributed by atoms with Crippen LogP contribution in [0.1, 0.15) is 39.1 Å². The number of amides is 1. The van der Waals surface area contributed by atoms with E-state index >= 15 is 0 Å². The van der Waals surface area contributed by atoms with Crippen LogP contribution in [0.5, 0.6) is 0 Å². The van der Waals surface area contributed by atoms with E-state index in [0.29, 0.717) is 12.2 Å². The first-order valence-corrected chi connectivity index (χ1v) is 5.48. The largest absolute Gasteiger partial charge is 0.409 e. The molecule has 0 aliphatic rings. The van der Waals surface area contributed by atoms with Crippen molar-refractivity contribution in [1.82, 2.24) is 25.9 Å². The van der Waals surface area contributed by atoms with Gasteiger partial charge in [-0.25, -0.2) is 0 Å². The van der Waals surface area contributed by atoms with E-state index in [-0.39, 0.29) is 11.7 Å². The summed E-state index contributed by atoms with van der Waals surface area (Å²) >= 11 is 0. The van der Waals surface area contributed by atoms with Gasteiger partial charge in [0.25, 0.3) is 0 Å². The van der Waals surface area contributed by atoms with Gasteiger partial charge in [-0.05, 0) is 20.3 Å². The normalized spacial score (nSPS) is 16.9. The Morgan fingerprint density at radius 2 is 2.39 bits per heavy atom. The van der Waals surface area contributed by atoms with Gasteiger partial charge < -0.3 is 16.3 Å². The Morgan fingerprint density at radius 1 is 1.72 bits per heavy atom. The van der Waals surface area contributed by atoms with E-state index in [9.17, 15) is 4.79 Å². The van der Waals surface area contributed by atoms with E-state index < -0.39 is 11.5 Å². The summed E-state index contributed by atoms with van der Waals surface area (Å²) in [5, 5.41) is 27.6. The van der Waals surface area contributed by atoms with E-state index in [4.69, 9.17) is 10.9 Å². The second-order valence-electron chi connectivity index (χ2n) is 4.14. The number of nitrogens with two attached hydrogens (primary N) is 1. The molecule has 18 heavy (non-hydrogen) atoms. The molecule has 9 nitrogen and oxygen atoms in total. The van der Waals surface area contributed by atoms with Crippen LogP contribution in [0.2, 0.25) is 0 Å². The number of H-pyrrole nitrogens is 1. The molecule has 1 aromatic heterocycles. The third-order valence-corrected chi connectivity index (χ3v) is 2.98. The van der Waals surface area contributed by atoms with Crippen molar-refractivity contribution in [3.05, 3.63) is 5.82 Å². The Morgan fingerprint density at radius 3 is 2.83 bits per heavy atom. The predicted octanol–water partition coefficient (Wildman–Crippen LogP) is -0.460. The monoisotopic (exact) mass is 255 g/mol. The average Bonchev–Trinajstić information content (AvgIpc) is 2.90. The molecule has 100 valence electrons. The van der Waals surface area contributed by atoms with Crippen molar-refractivity contribution in [3.8, 4) is 0 Å². The van der Waals surface area contributed by atoms with Crippen LogP contribution in [0, 0.1) is 5.41 Å². The maximum absolute atomic E-state index is 12.1. The van der Waals surface area contributed by atoms with Gasteiger partial charge in [0, 0.05) is 0 Å². The first-order valence-electron chi connectivity index (χ1n) is 5.48. The van der Waals surface area contributed by atoms with Crippen molar-refractivity contribution < 1.29 is 10.0 Å². The SMILES string of the molecule is CCC(C)(C(=O)NC(C)c1nn[nH]n1)C(N)=NO. The van der Waals surface area contributed by atoms with E-state index in [1.807, 2.05) is 0 Å². The molecule has 0 bridgehead atoms. The predicted molar refractivity (Wildman–Crippen MR) is 62.5 cm³/mol. The Kier molecular flexibility index (Phi) is 4.18. The number of nitrogens with one attached hydrogen (secondary N) is 2. The van der Waals surface area contributed by atoms with Crippen LogP contribution in [-0.4, -0.2) is 37.6 Å². The molecule has 0 radical (unpaired) electrons. The molecule has 1 aromatic rings. The number of aromatic nitrogens is 4. The molecule has 0 aliphatic heterocycles. The minimum absolute atomic E-state index is 0.136. The molecule has 2 unspecified atom stereocenters. The number of hydrogen-bond acceptors (Lipinski definition) is 6. The molecular weight excluding hydrogens is 238 g/mol. The fourth-order valence-corrected chi connectivity index (χ4v) is 1.34. The van der Waals surface area contributed by atoms with Gasteiger partial charge in [0.05, 0.1) is 6.04 Å². The summed E-state index contributed by atoms with van der Waals surface area (Å²) in [5.41, 5.74) is 4.47. The molecule has 2 atom stereocenters.